The van der Waals surface area contributed by atoms with Gasteiger partial charge in [-0.05, 0) is 74.3 Å². The van der Waals surface area contributed by atoms with Crippen molar-refractivity contribution < 1.29 is 19.4 Å². The lowest BCUT2D eigenvalue weighted by molar-refractivity contribution is -0.176. The molecular weight excluding hydrogens is 304 g/mol. The molecule has 0 atom stereocenters. The highest BCUT2D eigenvalue weighted by Crippen LogP contribution is 2.60. The molecule has 0 unspecified atom stereocenters. The summed E-state index contributed by atoms with van der Waals surface area (Å²) >= 11 is 0. The molecule has 1 aromatic carbocycles. The molecule has 4 nitrogen and oxygen atoms in total. The monoisotopic (exact) mass is 328 g/mol. The molecule has 0 amide bonds. The van der Waals surface area contributed by atoms with E-state index in [0.29, 0.717) is 11.8 Å². The quantitative estimate of drug-likeness (QED) is 0.844. The molecule has 5 rings (SSSR count). The van der Waals surface area contributed by atoms with Gasteiger partial charge in [0.2, 0.25) is 0 Å². The van der Waals surface area contributed by atoms with Crippen molar-refractivity contribution in [1.29, 1.82) is 0 Å². The second-order valence-corrected chi connectivity index (χ2v) is 7.85. The van der Waals surface area contributed by atoms with Crippen molar-refractivity contribution in [1.82, 2.24) is 0 Å². The molecular formula is C20H24O4. The third-order valence-electron chi connectivity index (χ3n) is 6.73. The first-order valence-electron chi connectivity index (χ1n) is 9.09. The molecule has 0 aromatic heterocycles. The van der Waals surface area contributed by atoms with Gasteiger partial charge in [-0.1, -0.05) is 19.1 Å². The van der Waals surface area contributed by atoms with Gasteiger partial charge in [0.05, 0.1) is 11.1 Å². The van der Waals surface area contributed by atoms with Gasteiger partial charge >= 0.3 is 11.9 Å². The van der Waals surface area contributed by atoms with Crippen molar-refractivity contribution in [2.75, 3.05) is 0 Å². The van der Waals surface area contributed by atoms with Crippen LogP contribution in [-0.4, -0.2) is 22.6 Å². The Morgan fingerprint density at radius 1 is 1.04 bits per heavy atom. The van der Waals surface area contributed by atoms with Crippen molar-refractivity contribution in [3.8, 4) is 0 Å². The molecule has 4 aliphatic carbocycles. The Bertz CT molecular complexity index is 650. The summed E-state index contributed by atoms with van der Waals surface area (Å²) in [6.45, 7) is 2.11. The van der Waals surface area contributed by atoms with E-state index in [1.54, 1.807) is 18.2 Å². The van der Waals surface area contributed by atoms with Crippen molar-refractivity contribution in [2.24, 2.45) is 23.7 Å². The second kappa shape index (κ2) is 5.61. The fraction of sp³-hybridized carbons (Fsp3) is 0.600. The Kier molecular flexibility index (Phi) is 3.66. The lowest BCUT2D eigenvalue weighted by atomic mass is 9.49. The lowest BCUT2D eigenvalue weighted by Crippen LogP contribution is -2.59. The maximum absolute atomic E-state index is 12.8. The fourth-order valence-corrected chi connectivity index (χ4v) is 5.87. The van der Waals surface area contributed by atoms with Crippen LogP contribution in [-0.2, 0) is 4.74 Å². The Balaban J connectivity index is 1.64. The van der Waals surface area contributed by atoms with Gasteiger partial charge in [-0.2, -0.15) is 0 Å². The molecule has 0 aliphatic heterocycles. The summed E-state index contributed by atoms with van der Waals surface area (Å²) < 4.78 is 6.14. The molecule has 4 aliphatic rings. The number of benzene rings is 1. The lowest BCUT2D eigenvalue weighted by Gasteiger charge is -2.60. The molecule has 1 aromatic rings. The molecule has 1 N–H and O–H groups in total. The normalized spacial score (nSPS) is 36.5. The van der Waals surface area contributed by atoms with E-state index in [4.69, 9.17) is 4.74 Å². The molecule has 4 bridgehead atoms. The summed E-state index contributed by atoms with van der Waals surface area (Å²) in [4.78, 5) is 24.2. The van der Waals surface area contributed by atoms with Crippen LogP contribution in [0.25, 0.3) is 0 Å². The van der Waals surface area contributed by atoms with E-state index in [9.17, 15) is 14.7 Å². The van der Waals surface area contributed by atoms with E-state index in [-0.39, 0.29) is 11.1 Å². The number of esters is 1. The fourth-order valence-electron chi connectivity index (χ4n) is 5.87. The standard InChI is InChI=1S/C20H24O4/c1-2-20(14-8-12-7-13(10-14)11-15(20)9-12)24-19(23)17-6-4-3-5-16(17)18(21)22/h3-6,12-15H,2,7-11H2,1H3,(H,21,22). The zero-order valence-electron chi connectivity index (χ0n) is 14.0. The minimum Gasteiger partial charge on any atom is -0.478 e. The Morgan fingerprint density at radius 3 is 2.08 bits per heavy atom. The number of rotatable bonds is 4. The highest BCUT2D eigenvalue weighted by molar-refractivity contribution is 6.02. The Hall–Kier alpha value is -1.84. The number of aromatic carboxylic acids is 1. The zero-order chi connectivity index (χ0) is 16.9. The first kappa shape index (κ1) is 15.7. The number of carboxylic acids is 1. The van der Waals surface area contributed by atoms with Gasteiger partial charge in [0, 0.05) is 0 Å². The summed E-state index contributed by atoms with van der Waals surface area (Å²) in [5.74, 6) is 0.939. The van der Waals surface area contributed by atoms with Crippen LogP contribution in [0.15, 0.2) is 24.3 Å². The average Bonchev–Trinajstić information content (AvgIpc) is 2.57. The SMILES string of the molecule is CCC1(OC(=O)c2ccccc2C(=O)O)C2CC3CC(C2)CC1C3. The highest BCUT2D eigenvalue weighted by Gasteiger charge is 2.58. The van der Waals surface area contributed by atoms with Crippen LogP contribution >= 0.6 is 0 Å². The van der Waals surface area contributed by atoms with Crippen LogP contribution in [0.4, 0.5) is 0 Å². The average molecular weight is 328 g/mol. The minimum atomic E-state index is -1.09. The summed E-state index contributed by atoms with van der Waals surface area (Å²) in [6.07, 6.45) is 6.82. The largest absolute Gasteiger partial charge is 0.478 e. The smallest absolute Gasteiger partial charge is 0.339 e. The molecule has 4 heteroatoms. The van der Waals surface area contributed by atoms with Crippen LogP contribution in [0.1, 0.15) is 66.2 Å². The predicted molar refractivity (Wildman–Crippen MR) is 88.9 cm³/mol. The number of ether oxygens (including phenoxy) is 1. The molecule has 0 spiro atoms. The van der Waals surface area contributed by atoms with Crippen molar-refractivity contribution in [3.63, 3.8) is 0 Å². The zero-order valence-corrected chi connectivity index (χ0v) is 14.0. The number of carbonyl (C=O) groups is 2. The van der Waals surface area contributed by atoms with Gasteiger partial charge in [-0.3, -0.25) is 0 Å². The maximum atomic E-state index is 12.8. The van der Waals surface area contributed by atoms with Gasteiger partial charge in [0.25, 0.3) is 0 Å². The van der Waals surface area contributed by atoms with Gasteiger partial charge < -0.3 is 9.84 Å². The van der Waals surface area contributed by atoms with Crippen LogP contribution in [0.2, 0.25) is 0 Å². The topological polar surface area (TPSA) is 63.6 Å². The Labute approximate surface area is 142 Å². The highest BCUT2D eigenvalue weighted by atomic mass is 16.6. The molecule has 0 heterocycles. The third-order valence-corrected chi connectivity index (χ3v) is 6.73. The van der Waals surface area contributed by atoms with E-state index in [2.05, 4.69) is 6.92 Å². The summed E-state index contributed by atoms with van der Waals surface area (Å²) in [6, 6.07) is 6.36. The van der Waals surface area contributed by atoms with E-state index in [1.165, 1.54) is 12.5 Å². The Morgan fingerprint density at radius 2 is 1.58 bits per heavy atom. The van der Waals surface area contributed by atoms with E-state index < -0.39 is 17.5 Å². The maximum Gasteiger partial charge on any atom is 0.339 e. The van der Waals surface area contributed by atoms with Gasteiger partial charge in [0.1, 0.15) is 5.60 Å². The molecule has 128 valence electrons. The molecule has 24 heavy (non-hydrogen) atoms. The first-order valence-corrected chi connectivity index (χ1v) is 9.09. The summed E-state index contributed by atoms with van der Waals surface area (Å²) in [5.41, 5.74) is -0.194. The van der Waals surface area contributed by atoms with Crippen LogP contribution in [0.5, 0.6) is 0 Å². The third kappa shape index (κ3) is 2.27. The van der Waals surface area contributed by atoms with Crippen LogP contribution in [0, 0.1) is 23.7 Å². The first-order chi connectivity index (χ1) is 11.5. The van der Waals surface area contributed by atoms with Crippen molar-refractivity contribution in [3.05, 3.63) is 35.4 Å². The van der Waals surface area contributed by atoms with Crippen LogP contribution in [0.3, 0.4) is 0 Å². The predicted octanol–water partition coefficient (Wildman–Crippen LogP) is 4.15. The molecule has 4 fully saturated rings. The molecule has 4 saturated carbocycles. The van der Waals surface area contributed by atoms with E-state index >= 15 is 0 Å². The number of carbonyl (C=O) groups excluding carboxylic acids is 1. The van der Waals surface area contributed by atoms with E-state index in [0.717, 1.165) is 43.9 Å². The van der Waals surface area contributed by atoms with Crippen molar-refractivity contribution >= 4 is 11.9 Å². The summed E-state index contributed by atoms with van der Waals surface area (Å²) in [5, 5.41) is 9.34. The van der Waals surface area contributed by atoms with E-state index in [1.807, 2.05) is 0 Å². The van der Waals surface area contributed by atoms with Gasteiger partial charge in [0.15, 0.2) is 0 Å². The molecule has 0 radical (unpaired) electrons. The van der Waals surface area contributed by atoms with Crippen LogP contribution < -0.4 is 0 Å². The number of hydrogen-bond donors (Lipinski definition) is 1. The minimum absolute atomic E-state index is 0.0255. The van der Waals surface area contributed by atoms with Crippen molar-refractivity contribution in [2.45, 2.75) is 51.0 Å². The van der Waals surface area contributed by atoms with Gasteiger partial charge in [-0.25, -0.2) is 9.59 Å². The number of carboxylic acid groups (broad SMARTS) is 1. The molecule has 0 saturated heterocycles. The van der Waals surface area contributed by atoms with Gasteiger partial charge in [-0.15, -0.1) is 0 Å². The summed E-state index contributed by atoms with van der Waals surface area (Å²) in [7, 11) is 0. The number of hydrogen-bond acceptors (Lipinski definition) is 3. The second-order valence-electron chi connectivity index (χ2n) is 7.85.